The first-order chi connectivity index (χ1) is 15.3. The smallest absolute Gasteiger partial charge is 0.294 e. The Bertz CT molecular complexity index is 1120. The second-order valence-corrected chi connectivity index (χ2v) is 9.36. The summed E-state index contributed by atoms with van der Waals surface area (Å²) in [5, 5.41) is 2.37. The van der Waals surface area contributed by atoms with Crippen LogP contribution in [0.5, 0.6) is 0 Å². The van der Waals surface area contributed by atoms with E-state index in [1.54, 1.807) is 6.08 Å². The number of rotatable bonds is 5. The molecule has 6 nitrogen and oxygen atoms in total. The van der Waals surface area contributed by atoms with Crippen molar-refractivity contribution < 1.29 is 14.4 Å². The number of nitrogens with one attached hydrogen (secondary N) is 1. The van der Waals surface area contributed by atoms with Crippen molar-refractivity contribution in [2.24, 2.45) is 0 Å². The number of nitrogens with zero attached hydrogens (tertiary/aromatic N) is 2. The van der Waals surface area contributed by atoms with Crippen LogP contribution in [-0.4, -0.2) is 41.6 Å². The lowest BCUT2D eigenvalue weighted by Crippen LogP contribution is -2.36. The van der Waals surface area contributed by atoms with Gasteiger partial charge < -0.3 is 10.2 Å². The molecule has 4 rings (SSSR count). The molecule has 2 aliphatic rings. The first kappa shape index (κ1) is 22.1. The molecule has 0 radical (unpaired) electrons. The Morgan fingerprint density at radius 3 is 2.47 bits per heavy atom. The first-order valence-electron chi connectivity index (χ1n) is 10.8. The molecule has 0 aromatic heterocycles. The zero-order chi connectivity index (χ0) is 22.8. The number of aryl methyl sites for hydroxylation is 3. The van der Waals surface area contributed by atoms with E-state index in [1.807, 2.05) is 45.0 Å². The quantitative estimate of drug-likeness (QED) is 0.659. The molecule has 0 spiro atoms. The molecule has 1 N–H and O–H groups in total. The Labute approximate surface area is 192 Å². The van der Waals surface area contributed by atoms with Gasteiger partial charge in [0, 0.05) is 24.5 Å². The summed E-state index contributed by atoms with van der Waals surface area (Å²) in [5.41, 5.74) is 5.85. The van der Waals surface area contributed by atoms with Gasteiger partial charge in [-0.2, -0.15) is 0 Å². The van der Waals surface area contributed by atoms with E-state index in [0.29, 0.717) is 10.6 Å². The SMILES string of the molecule is Cc1ccc(NC(=O)CN2C(=O)S/C(=C\c3ccc(N4CCCC4)cc3C)C2=O)c(C)c1. The standard InChI is InChI=1S/C25H27N3O3S/c1-16-6-9-21(18(3)12-16)26-23(29)15-28-24(30)22(32-25(28)31)14-19-7-8-20(13-17(19)2)27-10-4-5-11-27/h6-9,12-14H,4-5,10-11,15H2,1-3H3,(H,26,29)/b22-14-. The highest BCUT2D eigenvalue weighted by atomic mass is 32.2. The van der Waals surface area contributed by atoms with Crippen molar-refractivity contribution in [3.05, 3.63) is 63.6 Å². The molecule has 0 atom stereocenters. The van der Waals surface area contributed by atoms with Crippen LogP contribution >= 0.6 is 11.8 Å². The van der Waals surface area contributed by atoms with Crippen LogP contribution in [0.1, 0.15) is 35.1 Å². The van der Waals surface area contributed by atoms with E-state index in [0.717, 1.165) is 52.0 Å². The number of imide groups is 1. The summed E-state index contributed by atoms with van der Waals surface area (Å²) in [6.07, 6.45) is 4.17. The molecule has 2 aromatic rings. The molecule has 0 bridgehead atoms. The second-order valence-electron chi connectivity index (χ2n) is 8.37. The third-order valence-electron chi connectivity index (χ3n) is 5.84. The zero-order valence-electron chi connectivity index (χ0n) is 18.6. The lowest BCUT2D eigenvalue weighted by atomic mass is 10.1. The van der Waals surface area contributed by atoms with Gasteiger partial charge >= 0.3 is 0 Å². The Hall–Kier alpha value is -3.06. The molecular weight excluding hydrogens is 422 g/mol. The summed E-state index contributed by atoms with van der Waals surface area (Å²) in [7, 11) is 0. The van der Waals surface area contributed by atoms with Gasteiger partial charge in [0.2, 0.25) is 5.91 Å². The van der Waals surface area contributed by atoms with E-state index in [2.05, 4.69) is 22.3 Å². The number of hydrogen-bond acceptors (Lipinski definition) is 5. The fraction of sp³-hybridized carbons (Fsp3) is 0.320. The Kier molecular flexibility index (Phi) is 6.37. The molecule has 0 aliphatic carbocycles. The van der Waals surface area contributed by atoms with E-state index in [1.165, 1.54) is 18.5 Å². The van der Waals surface area contributed by atoms with Gasteiger partial charge in [-0.15, -0.1) is 0 Å². The highest BCUT2D eigenvalue weighted by Crippen LogP contribution is 2.33. The maximum Gasteiger partial charge on any atom is 0.294 e. The highest BCUT2D eigenvalue weighted by molar-refractivity contribution is 8.18. The van der Waals surface area contributed by atoms with Crippen molar-refractivity contribution in [3.63, 3.8) is 0 Å². The molecule has 166 valence electrons. The molecule has 2 aliphatic heterocycles. The molecule has 2 heterocycles. The fourth-order valence-corrected chi connectivity index (χ4v) is 4.89. The van der Waals surface area contributed by atoms with Crippen molar-refractivity contribution in [3.8, 4) is 0 Å². The molecule has 7 heteroatoms. The minimum atomic E-state index is -0.432. The van der Waals surface area contributed by atoms with E-state index in [-0.39, 0.29) is 6.54 Å². The second kappa shape index (κ2) is 9.20. The summed E-state index contributed by atoms with van der Waals surface area (Å²) >= 11 is 0.876. The van der Waals surface area contributed by atoms with E-state index in [9.17, 15) is 14.4 Å². The van der Waals surface area contributed by atoms with Crippen LogP contribution in [0.4, 0.5) is 16.2 Å². The molecule has 32 heavy (non-hydrogen) atoms. The van der Waals surface area contributed by atoms with Crippen molar-refractivity contribution in [2.45, 2.75) is 33.6 Å². The van der Waals surface area contributed by atoms with Gasteiger partial charge in [-0.05, 0) is 86.3 Å². The normalized spacial score (nSPS) is 17.5. The van der Waals surface area contributed by atoms with Gasteiger partial charge in [0.1, 0.15) is 6.54 Å². The van der Waals surface area contributed by atoms with Crippen LogP contribution < -0.4 is 10.2 Å². The first-order valence-corrected chi connectivity index (χ1v) is 11.6. The van der Waals surface area contributed by atoms with E-state index < -0.39 is 17.1 Å². The summed E-state index contributed by atoms with van der Waals surface area (Å²) < 4.78 is 0. The number of carbonyl (C=O) groups excluding carboxylic acids is 3. The minimum Gasteiger partial charge on any atom is -0.372 e. The number of benzene rings is 2. The Morgan fingerprint density at radius 2 is 1.78 bits per heavy atom. The number of anilines is 2. The lowest BCUT2D eigenvalue weighted by Gasteiger charge is -2.18. The van der Waals surface area contributed by atoms with Crippen LogP contribution in [0.3, 0.4) is 0 Å². The number of amides is 3. The summed E-state index contributed by atoms with van der Waals surface area (Å²) in [6, 6.07) is 11.9. The van der Waals surface area contributed by atoms with Crippen molar-refractivity contribution in [1.29, 1.82) is 0 Å². The van der Waals surface area contributed by atoms with Gasteiger partial charge in [-0.1, -0.05) is 23.8 Å². The van der Waals surface area contributed by atoms with Crippen LogP contribution in [0.2, 0.25) is 0 Å². The summed E-state index contributed by atoms with van der Waals surface area (Å²) in [6.45, 7) is 7.73. The number of carbonyl (C=O) groups is 3. The van der Waals surface area contributed by atoms with Gasteiger partial charge in [0.05, 0.1) is 4.91 Å². The third-order valence-corrected chi connectivity index (χ3v) is 6.75. The molecule has 0 saturated carbocycles. The van der Waals surface area contributed by atoms with Crippen LogP contribution in [-0.2, 0) is 9.59 Å². The fourth-order valence-electron chi connectivity index (χ4n) is 4.06. The van der Waals surface area contributed by atoms with Gasteiger partial charge in [-0.3, -0.25) is 19.3 Å². The summed E-state index contributed by atoms with van der Waals surface area (Å²) in [5.74, 6) is -0.828. The van der Waals surface area contributed by atoms with Crippen LogP contribution in [0.15, 0.2) is 41.3 Å². The molecule has 2 fully saturated rings. The average molecular weight is 450 g/mol. The van der Waals surface area contributed by atoms with Crippen LogP contribution in [0, 0.1) is 20.8 Å². The monoisotopic (exact) mass is 449 g/mol. The summed E-state index contributed by atoms with van der Waals surface area (Å²) in [4.78, 5) is 41.5. The maximum atomic E-state index is 12.8. The minimum absolute atomic E-state index is 0.303. The predicted molar refractivity (Wildman–Crippen MR) is 130 cm³/mol. The molecule has 0 unspecified atom stereocenters. The largest absolute Gasteiger partial charge is 0.372 e. The van der Waals surface area contributed by atoms with Crippen LogP contribution in [0.25, 0.3) is 6.08 Å². The van der Waals surface area contributed by atoms with Gasteiger partial charge in [-0.25, -0.2) is 0 Å². The Morgan fingerprint density at radius 1 is 1.03 bits per heavy atom. The molecular formula is C25H27N3O3S. The topological polar surface area (TPSA) is 69.7 Å². The average Bonchev–Trinajstić information content (AvgIpc) is 3.37. The van der Waals surface area contributed by atoms with Gasteiger partial charge in [0.15, 0.2) is 0 Å². The van der Waals surface area contributed by atoms with Crippen molar-refractivity contribution in [2.75, 3.05) is 29.9 Å². The molecule has 3 amide bonds. The number of thioether (sulfide) groups is 1. The van der Waals surface area contributed by atoms with E-state index in [4.69, 9.17) is 0 Å². The van der Waals surface area contributed by atoms with Crippen molar-refractivity contribution >= 4 is 46.3 Å². The molecule has 2 aromatic carbocycles. The predicted octanol–water partition coefficient (Wildman–Crippen LogP) is 4.89. The van der Waals surface area contributed by atoms with Gasteiger partial charge in [0.25, 0.3) is 11.1 Å². The molecule has 2 saturated heterocycles. The highest BCUT2D eigenvalue weighted by Gasteiger charge is 2.36. The van der Waals surface area contributed by atoms with E-state index >= 15 is 0 Å². The lowest BCUT2D eigenvalue weighted by molar-refractivity contribution is -0.127. The maximum absolute atomic E-state index is 12.8. The Balaban J connectivity index is 1.45. The van der Waals surface area contributed by atoms with Crippen molar-refractivity contribution in [1.82, 2.24) is 4.90 Å². The zero-order valence-corrected chi connectivity index (χ0v) is 19.4. The third kappa shape index (κ3) is 4.72. The number of hydrogen-bond donors (Lipinski definition) is 1.